The van der Waals surface area contributed by atoms with E-state index in [9.17, 15) is 0 Å². The SMILES string of the molecule is c1ccc(-c2cccc(-c3ccc(-n4c5ccccc5c5ccc6oc7c(-c8nc(-c9ccccc9)nc(-c9ccccc9)n8)cccc7c6c54)cc3)c2)cc1. The third-order valence-corrected chi connectivity index (χ3v) is 10.7. The van der Waals surface area contributed by atoms with Crippen LogP contribution in [0, 0.1) is 0 Å². The van der Waals surface area contributed by atoms with Gasteiger partial charge in [0.25, 0.3) is 0 Å². The summed E-state index contributed by atoms with van der Waals surface area (Å²) in [6.45, 7) is 0. The summed E-state index contributed by atoms with van der Waals surface area (Å²) in [5, 5.41) is 4.41. The van der Waals surface area contributed by atoms with Crippen LogP contribution in [0.2, 0.25) is 0 Å². The first-order chi connectivity index (χ1) is 27.8. The largest absolute Gasteiger partial charge is 0.455 e. The van der Waals surface area contributed by atoms with Gasteiger partial charge in [-0.3, -0.25) is 0 Å². The van der Waals surface area contributed by atoms with Crippen molar-refractivity contribution in [3.63, 3.8) is 0 Å². The van der Waals surface area contributed by atoms with Gasteiger partial charge in [-0.15, -0.1) is 0 Å². The van der Waals surface area contributed by atoms with Crippen LogP contribution in [0.15, 0.2) is 199 Å². The van der Waals surface area contributed by atoms with E-state index in [4.69, 9.17) is 19.4 Å². The van der Waals surface area contributed by atoms with Crippen LogP contribution in [-0.2, 0) is 0 Å². The second kappa shape index (κ2) is 13.0. The van der Waals surface area contributed by atoms with Gasteiger partial charge >= 0.3 is 0 Å². The predicted molar refractivity (Wildman–Crippen MR) is 229 cm³/mol. The molecule has 3 aromatic heterocycles. The molecule has 0 aliphatic carbocycles. The highest BCUT2D eigenvalue weighted by Gasteiger charge is 2.22. The Morgan fingerprint density at radius 1 is 0.375 bits per heavy atom. The van der Waals surface area contributed by atoms with Gasteiger partial charge in [-0.2, -0.15) is 0 Å². The minimum Gasteiger partial charge on any atom is -0.455 e. The fourth-order valence-electron chi connectivity index (χ4n) is 8.02. The van der Waals surface area contributed by atoms with Crippen molar-refractivity contribution >= 4 is 43.7 Å². The summed E-state index contributed by atoms with van der Waals surface area (Å²) < 4.78 is 9.21. The second-order valence-corrected chi connectivity index (χ2v) is 14.0. The van der Waals surface area contributed by atoms with E-state index in [1.165, 1.54) is 27.5 Å². The number of rotatable bonds is 6. The van der Waals surface area contributed by atoms with Gasteiger partial charge in [-0.1, -0.05) is 152 Å². The summed E-state index contributed by atoms with van der Waals surface area (Å²) in [5.41, 5.74) is 12.3. The first-order valence-corrected chi connectivity index (χ1v) is 18.8. The lowest BCUT2D eigenvalue weighted by Crippen LogP contribution is -2.00. The number of benzene rings is 8. The second-order valence-electron chi connectivity index (χ2n) is 14.0. The van der Waals surface area contributed by atoms with Crippen LogP contribution in [0.3, 0.4) is 0 Å². The zero-order valence-electron chi connectivity index (χ0n) is 30.2. The van der Waals surface area contributed by atoms with Crippen LogP contribution in [-0.4, -0.2) is 19.5 Å². The van der Waals surface area contributed by atoms with Crippen molar-refractivity contribution in [3.05, 3.63) is 194 Å². The summed E-state index contributed by atoms with van der Waals surface area (Å²) in [5.74, 6) is 1.78. The molecule has 0 saturated heterocycles. The van der Waals surface area contributed by atoms with Gasteiger partial charge < -0.3 is 8.98 Å². The maximum absolute atomic E-state index is 6.84. The monoisotopic (exact) mass is 716 g/mol. The molecule has 0 spiro atoms. The minimum absolute atomic E-state index is 0.561. The average molecular weight is 717 g/mol. The maximum atomic E-state index is 6.84. The lowest BCUT2D eigenvalue weighted by Gasteiger charge is -2.11. The molecule has 0 bridgehead atoms. The highest BCUT2D eigenvalue weighted by atomic mass is 16.3. The van der Waals surface area contributed by atoms with Crippen LogP contribution < -0.4 is 0 Å². The number of para-hydroxylation sites is 2. The van der Waals surface area contributed by atoms with E-state index >= 15 is 0 Å². The number of furan rings is 1. The van der Waals surface area contributed by atoms with Gasteiger partial charge in [0, 0.05) is 33.0 Å². The molecule has 0 atom stereocenters. The van der Waals surface area contributed by atoms with E-state index < -0.39 is 0 Å². The fraction of sp³-hybridized carbons (Fsp3) is 0. The van der Waals surface area contributed by atoms with Crippen molar-refractivity contribution in [2.75, 3.05) is 0 Å². The molecule has 0 saturated carbocycles. The predicted octanol–water partition coefficient (Wildman–Crippen LogP) is 13.2. The highest BCUT2D eigenvalue weighted by Crippen LogP contribution is 2.43. The Kier molecular flexibility index (Phi) is 7.42. The lowest BCUT2D eigenvalue weighted by molar-refractivity contribution is 0.669. The van der Waals surface area contributed by atoms with Crippen LogP contribution in [0.4, 0.5) is 0 Å². The topological polar surface area (TPSA) is 56.7 Å². The first-order valence-electron chi connectivity index (χ1n) is 18.8. The molecule has 11 rings (SSSR count). The Morgan fingerprint density at radius 3 is 1.59 bits per heavy atom. The third kappa shape index (κ3) is 5.29. The van der Waals surface area contributed by atoms with Crippen molar-refractivity contribution < 1.29 is 4.42 Å². The summed E-state index contributed by atoms with van der Waals surface area (Å²) in [6, 6.07) is 67.5. The molecule has 0 aliphatic heterocycles. The minimum atomic E-state index is 0.561. The summed E-state index contributed by atoms with van der Waals surface area (Å²) in [6.07, 6.45) is 0. The molecule has 0 N–H and O–H groups in total. The standard InChI is InChI=1S/C51H32N4O/c1-4-14-33(15-5-1)37-20-12-21-38(32-37)34-26-28-39(29-27-34)55-44-25-11-10-22-40(44)41-30-31-45-46(47(41)55)42-23-13-24-43(48(42)56-45)51-53-49(35-16-6-2-7-17-35)52-50(54-51)36-18-8-3-9-19-36/h1-32H. The number of nitrogens with zero attached hydrogens (tertiary/aromatic N) is 4. The van der Waals surface area contributed by atoms with E-state index in [1.54, 1.807) is 0 Å². The molecule has 0 aliphatic rings. The molecule has 3 heterocycles. The molecule has 0 radical (unpaired) electrons. The van der Waals surface area contributed by atoms with Crippen LogP contribution in [0.1, 0.15) is 0 Å². The van der Waals surface area contributed by atoms with Gasteiger partial charge in [0.15, 0.2) is 17.5 Å². The van der Waals surface area contributed by atoms with E-state index in [-0.39, 0.29) is 0 Å². The first kappa shape index (κ1) is 31.9. The Bertz CT molecular complexity index is 3160. The average Bonchev–Trinajstić information content (AvgIpc) is 3.83. The molecule has 0 unspecified atom stereocenters. The molecule has 5 heteroatoms. The number of fused-ring (bicyclic) bond motifs is 7. The zero-order valence-corrected chi connectivity index (χ0v) is 30.2. The van der Waals surface area contributed by atoms with Crippen molar-refractivity contribution in [2.45, 2.75) is 0 Å². The molecule has 56 heavy (non-hydrogen) atoms. The Labute approximate surface area is 322 Å². The van der Waals surface area contributed by atoms with Gasteiger partial charge in [-0.25, -0.2) is 15.0 Å². The number of hydrogen-bond acceptors (Lipinski definition) is 4. The number of hydrogen-bond donors (Lipinski definition) is 0. The van der Waals surface area contributed by atoms with Crippen LogP contribution >= 0.6 is 0 Å². The van der Waals surface area contributed by atoms with Gasteiger partial charge in [0.1, 0.15) is 11.2 Å². The fourth-order valence-corrected chi connectivity index (χ4v) is 8.02. The summed E-state index contributed by atoms with van der Waals surface area (Å²) in [7, 11) is 0. The van der Waals surface area contributed by atoms with Gasteiger partial charge in [-0.05, 0) is 64.7 Å². The third-order valence-electron chi connectivity index (χ3n) is 10.7. The van der Waals surface area contributed by atoms with Crippen LogP contribution in [0.25, 0.3) is 106 Å². The van der Waals surface area contributed by atoms with Crippen molar-refractivity contribution in [1.29, 1.82) is 0 Å². The maximum Gasteiger partial charge on any atom is 0.167 e. The summed E-state index contributed by atoms with van der Waals surface area (Å²) in [4.78, 5) is 15.0. The molecular formula is C51H32N4O. The van der Waals surface area contributed by atoms with Gasteiger partial charge in [0.2, 0.25) is 0 Å². The molecule has 5 nitrogen and oxygen atoms in total. The molecular weight excluding hydrogens is 685 g/mol. The molecule has 262 valence electrons. The van der Waals surface area contributed by atoms with E-state index in [0.29, 0.717) is 17.5 Å². The smallest absolute Gasteiger partial charge is 0.167 e. The molecule has 8 aromatic carbocycles. The van der Waals surface area contributed by atoms with Crippen molar-refractivity contribution in [2.24, 2.45) is 0 Å². The Balaban J connectivity index is 1.10. The van der Waals surface area contributed by atoms with E-state index in [1.807, 2.05) is 66.7 Å². The van der Waals surface area contributed by atoms with E-state index in [0.717, 1.165) is 60.9 Å². The number of aromatic nitrogens is 4. The zero-order chi connectivity index (χ0) is 37.0. The Morgan fingerprint density at radius 2 is 0.911 bits per heavy atom. The lowest BCUT2D eigenvalue weighted by atomic mass is 9.99. The normalized spacial score (nSPS) is 11.6. The molecule has 0 fully saturated rings. The van der Waals surface area contributed by atoms with Crippen molar-refractivity contribution in [3.8, 4) is 62.1 Å². The van der Waals surface area contributed by atoms with Gasteiger partial charge in [0.05, 0.1) is 22.0 Å². The van der Waals surface area contributed by atoms with E-state index in [2.05, 4.69) is 132 Å². The quantitative estimate of drug-likeness (QED) is 0.172. The molecule has 0 amide bonds. The molecule has 11 aromatic rings. The van der Waals surface area contributed by atoms with Crippen LogP contribution in [0.5, 0.6) is 0 Å². The highest BCUT2D eigenvalue weighted by molar-refractivity contribution is 6.25. The summed E-state index contributed by atoms with van der Waals surface area (Å²) >= 11 is 0. The van der Waals surface area contributed by atoms with Crippen molar-refractivity contribution in [1.82, 2.24) is 19.5 Å². The Hall–Kier alpha value is -7.63.